The zero-order valence-corrected chi connectivity index (χ0v) is 13.5. The van der Waals surface area contributed by atoms with Crippen molar-refractivity contribution < 1.29 is 4.74 Å². The van der Waals surface area contributed by atoms with Gasteiger partial charge in [-0.3, -0.25) is 0 Å². The highest BCUT2D eigenvalue weighted by atomic mass is 35.5. The molecule has 3 aromatic rings. The van der Waals surface area contributed by atoms with Gasteiger partial charge in [0.15, 0.2) is 5.75 Å². The van der Waals surface area contributed by atoms with Crippen LogP contribution in [0.5, 0.6) is 5.75 Å². The Balaban J connectivity index is 1.74. The summed E-state index contributed by atoms with van der Waals surface area (Å²) in [4.78, 5) is 0. The summed E-state index contributed by atoms with van der Waals surface area (Å²) in [7, 11) is 0. The van der Waals surface area contributed by atoms with Gasteiger partial charge in [-0.05, 0) is 24.3 Å². The number of halogens is 3. The molecule has 22 heavy (non-hydrogen) atoms. The van der Waals surface area contributed by atoms with Gasteiger partial charge in [-0.1, -0.05) is 58.2 Å². The standard InChI is InChI=1S/C15H10Cl3N3O/c16-10-6-13(17)15(14(18)7-10)22-9-11-8-21(20-19-11)12-4-2-1-3-5-12/h1-8H,9H2. The van der Waals surface area contributed by atoms with Crippen LogP contribution in [0.2, 0.25) is 15.1 Å². The first-order valence-corrected chi connectivity index (χ1v) is 7.51. The fraction of sp³-hybridized carbons (Fsp3) is 0.0667. The molecule has 0 saturated carbocycles. The Bertz CT molecular complexity index is 767. The zero-order valence-electron chi connectivity index (χ0n) is 11.2. The lowest BCUT2D eigenvalue weighted by atomic mass is 10.3. The molecule has 2 aromatic carbocycles. The zero-order chi connectivity index (χ0) is 15.5. The molecule has 0 aliphatic carbocycles. The Morgan fingerprint density at radius 1 is 1.00 bits per heavy atom. The second kappa shape index (κ2) is 6.57. The highest BCUT2D eigenvalue weighted by molar-refractivity contribution is 6.40. The number of ether oxygens (including phenoxy) is 1. The lowest BCUT2D eigenvalue weighted by Crippen LogP contribution is -1.97. The summed E-state index contributed by atoms with van der Waals surface area (Å²) < 4.78 is 7.29. The summed E-state index contributed by atoms with van der Waals surface area (Å²) in [5.41, 5.74) is 1.58. The van der Waals surface area contributed by atoms with E-state index in [1.165, 1.54) is 0 Å². The van der Waals surface area contributed by atoms with Crippen LogP contribution in [0.4, 0.5) is 0 Å². The predicted molar refractivity (Wildman–Crippen MR) is 87.2 cm³/mol. The summed E-state index contributed by atoms with van der Waals surface area (Å²) in [5.74, 6) is 0.377. The van der Waals surface area contributed by atoms with Gasteiger partial charge in [0, 0.05) is 5.02 Å². The molecule has 112 valence electrons. The minimum absolute atomic E-state index is 0.202. The molecular weight excluding hydrogens is 345 g/mol. The summed E-state index contributed by atoms with van der Waals surface area (Å²) in [5, 5.41) is 9.28. The molecule has 0 atom stereocenters. The van der Waals surface area contributed by atoms with Crippen LogP contribution in [-0.2, 0) is 6.61 Å². The largest absolute Gasteiger partial charge is 0.484 e. The van der Waals surface area contributed by atoms with Crippen LogP contribution >= 0.6 is 34.8 Å². The Hall–Kier alpha value is -1.75. The van der Waals surface area contributed by atoms with Gasteiger partial charge in [0.1, 0.15) is 12.3 Å². The Kier molecular flexibility index (Phi) is 4.52. The Morgan fingerprint density at radius 2 is 1.68 bits per heavy atom. The first-order chi connectivity index (χ1) is 10.6. The van der Waals surface area contributed by atoms with Crippen molar-refractivity contribution in [3.8, 4) is 11.4 Å². The quantitative estimate of drug-likeness (QED) is 0.675. The van der Waals surface area contributed by atoms with Gasteiger partial charge in [-0.15, -0.1) is 5.10 Å². The summed E-state index contributed by atoms with van der Waals surface area (Å²) in [6.45, 7) is 0.202. The average molecular weight is 355 g/mol. The summed E-state index contributed by atoms with van der Waals surface area (Å²) in [6, 6.07) is 12.8. The van der Waals surface area contributed by atoms with E-state index >= 15 is 0 Å². The van der Waals surface area contributed by atoms with Gasteiger partial charge in [-0.2, -0.15) is 0 Å². The van der Waals surface area contributed by atoms with Crippen molar-refractivity contribution in [2.75, 3.05) is 0 Å². The Morgan fingerprint density at radius 3 is 2.36 bits per heavy atom. The summed E-state index contributed by atoms with van der Waals surface area (Å²) in [6.07, 6.45) is 1.78. The molecule has 1 aromatic heterocycles. The highest BCUT2D eigenvalue weighted by Gasteiger charge is 2.11. The third-order valence-corrected chi connectivity index (χ3v) is 3.67. The summed E-state index contributed by atoms with van der Waals surface area (Å²) >= 11 is 18.0. The SMILES string of the molecule is Clc1cc(Cl)c(OCc2cn(-c3ccccc3)nn2)c(Cl)c1. The molecule has 0 aliphatic heterocycles. The molecule has 0 aliphatic rings. The van der Waals surface area contributed by atoms with Crippen molar-refractivity contribution in [2.24, 2.45) is 0 Å². The molecule has 4 nitrogen and oxygen atoms in total. The lowest BCUT2D eigenvalue weighted by Gasteiger charge is -2.08. The van der Waals surface area contributed by atoms with E-state index in [1.54, 1.807) is 23.0 Å². The van der Waals surface area contributed by atoms with Crippen molar-refractivity contribution in [1.29, 1.82) is 0 Å². The van der Waals surface area contributed by atoms with Crippen molar-refractivity contribution in [3.63, 3.8) is 0 Å². The molecule has 7 heteroatoms. The van der Waals surface area contributed by atoms with E-state index in [2.05, 4.69) is 10.3 Å². The van der Waals surface area contributed by atoms with Crippen molar-refractivity contribution in [2.45, 2.75) is 6.61 Å². The number of para-hydroxylation sites is 1. The number of hydrogen-bond donors (Lipinski definition) is 0. The van der Waals surface area contributed by atoms with Crippen LogP contribution < -0.4 is 4.74 Å². The van der Waals surface area contributed by atoms with Crippen LogP contribution in [-0.4, -0.2) is 15.0 Å². The molecule has 0 saturated heterocycles. The maximum absolute atomic E-state index is 6.07. The van der Waals surface area contributed by atoms with Gasteiger partial charge in [-0.25, -0.2) is 4.68 Å². The fourth-order valence-corrected chi connectivity index (χ4v) is 2.81. The van der Waals surface area contributed by atoms with Gasteiger partial charge in [0.25, 0.3) is 0 Å². The smallest absolute Gasteiger partial charge is 0.157 e. The number of benzene rings is 2. The van der Waals surface area contributed by atoms with E-state index in [-0.39, 0.29) is 6.61 Å². The molecule has 0 spiro atoms. The van der Waals surface area contributed by atoms with Gasteiger partial charge in [0.2, 0.25) is 0 Å². The molecule has 0 fully saturated rings. The molecule has 0 amide bonds. The molecule has 0 bridgehead atoms. The van der Waals surface area contributed by atoms with E-state index in [4.69, 9.17) is 39.5 Å². The van der Waals surface area contributed by atoms with E-state index in [1.807, 2.05) is 30.3 Å². The number of nitrogens with zero attached hydrogens (tertiary/aromatic N) is 3. The predicted octanol–water partition coefficient (Wildman–Crippen LogP) is 4.81. The van der Waals surface area contributed by atoms with E-state index in [0.29, 0.717) is 26.5 Å². The third-order valence-electron chi connectivity index (χ3n) is 2.89. The topological polar surface area (TPSA) is 39.9 Å². The van der Waals surface area contributed by atoms with Crippen LogP contribution in [0, 0.1) is 0 Å². The van der Waals surface area contributed by atoms with Gasteiger partial charge >= 0.3 is 0 Å². The normalized spacial score (nSPS) is 10.7. The first-order valence-electron chi connectivity index (χ1n) is 6.37. The molecule has 3 rings (SSSR count). The van der Waals surface area contributed by atoms with Crippen molar-refractivity contribution in [3.05, 3.63) is 69.4 Å². The van der Waals surface area contributed by atoms with E-state index in [9.17, 15) is 0 Å². The molecule has 0 N–H and O–H groups in total. The van der Waals surface area contributed by atoms with Crippen molar-refractivity contribution in [1.82, 2.24) is 15.0 Å². The number of rotatable bonds is 4. The maximum atomic E-state index is 6.07. The number of hydrogen-bond acceptors (Lipinski definition) is 3. The minimum Gasteiger partial charge on any atom is -0.484 e. The number of aromatic nitrogens is 3. The minimum atomic E-state index is 0.202. The van der Waals surface area contributed by atoms with E-state index in [0.717, 1.165) is 5.69 Å². The average Bonchev–Trinajstić information content (AvgIpc) is 2.96. The highest BCUT2D eigenvalue weighted by Crippen LogP contribution is 2.36. The lowest BCUT2D eigenvalue weighted by molar-refractivity contribution is 0.301. The second-order valence-corrected chi connectivity index (χ2v) is 5.73. The van der Waals surface area contributed by atoms with Gasteiger partial charge < -0.3 is 4.74 Å². The second-order valence-electron chi connectivity index (χ2n) is 4.48. The van der Waals surface area contributed by atoms with E-state index < -0.39 is 0 Å². The van der Waals surface area contributed by atoms with Crippen LogP contribution in [0.3, 0.4) is 0 Å². The molecule has 0 unspecified atom stereocenters. The third kappa shape index (κ3) is 3.35. The fourth-order valence-electron chi connectivity index (χ4n) is 1.88. The van der Waals surface area contributed by atoms with Crippen molar-refractivity contribution >= 4 is 34.8 Å². The van der Waals surface area contributed by atoms with Crippen LogP contribution in [0.1, 0.15) is 5.69 Å². The monoisotopic (exact) mass is 353 g/mol. The molecular formula is C15H10Cl3N3O. The van der Waals surface area contributed by atoms with Crippen LogP contribution in [0.25, 0.3) is 5.69 Å². The Labute approximate surface area is 142 Å². The van der Waals surface area contributed by atoms with Crippen LogP contribution in [0.15, 0.2) is 48.7 Å². The first kappa shape index (κ1) is 15.2. The maximum Gasteiger partial charge on any atom is 0.157 e. The van der Waals surface area contributed by atoms with Gasteiger partial charge in [0.05, 0.1) is 21.9 Å². The molecule has 0 radical (unpaired) electrons. The molecule has 1 heterocycles.